The van der Waals surface area contributed by atoms with Crippen LogP contribution in [0.1, 0.15) is 24.8 Å². The molecule has 1 atom stereocenters. The lowest BCUT2D eigenvalue weighted by atomic mass is 10.0. The number of carbonyl (C=O) groups is 1. The number of rotatable bonds is 2. The minimum absolute atomic E-state index is 0.0245. The van der Waals surface area contributed by atoms with Crippen LogP contribution in [0.2, 0.25) is 5.02 Å². The zero-order valence-corrected chi connectivity index (χ0v) is 14.5. The van der Waals surface area contributed by atoms with Crippen LogP contribution in [-0.4, -0.2) is 42.2 Å². The molecule has 1 unspecified atom stereocenters. The van der Waals surface area contributed by atoms with E-state index in [4.69, 9.17) is 23.2 Å². The van der Waals surface area contributed by atoms with Gasteiger partial charge in [-0.2, -0.15) is 0 Å². The van der Waals surface area contributed by atoms with Crippen LogP contribution in [0.3, 0.4) is 0 Å². The second kappa shape index (κ2) is 6.00. The van der Waals surface area contributed by atoms with Gasteiger partial charge in [0.05, 0.1) is 16.2 Å². The number of halogens is 2. The molecule has 1 saturated heterocycles. The van der Waals surface area contributed by atoms with Gasteiger partial charge in [0.25, 0.3) is 0 Å². The van der Waals surface area contributed by atoms with Gasteiger partial charge in [-0.1, -0.05) is 11.6 Å². The van der Waals surface area contributed by atoms with E-state index in [0.29, 0.717) is 29.4 Å². The SMILES string of the molecule is O=C(O)C1=C(N2CCCC2)c2cc(Cl)ccc2S(=O)(=O)C(Cl)C1. The normalized spacial score (nSPS) is 23.6. The first-order chi connectivity index (χ1) is 10.8. The van der Waals surface area contributed by atoms with Gasteiger partial charge in [-0.3, -0.25) is 0 Å². The number of benzene rings is 1. The molecule has 2 heterocycles. The first-order valence-corrected chi connectivity index (χ1v) is 9.57. The van der Waals surface area contributed by atoms with E-state index in [2.05, 4.69) is 0 Å². The summed E-state index contributed by atoms with van der Waals surface area (Å²) in [5, 5.41) is 9.96. The Morgan fingerprint density at radius 2 is 1.91 bits per heavy atom. The summed E-state index contributed by atoms with van der Waals surface area (Å²) in [7, 11) is -3.83. The molecule has 2 aliphatic rings. The molecule has 1 aromatic rings. The van der Waals surface area contributed by atoms with Crippen molar-refractivity contribution in [2.24, 2.45) is 0 Å². The molecule has 0 bridgehead atoms. The lowest BCUT2D eigenvalue weighted by molar-refractivity contribution is -0.132. The summed E-state index contributed by atoms with van der Waals surface area (Å²) in [6.07, 6.45) is 1.63. The van der Waals surface area contributed by atoms with Crippen LogP contribution < -0.4 is 0 Å². The zero-order chi connectivity index (χ0) is 16.8. The highest BCUT2D eigenvalue weighted by Gasteiger charge is 2.38. The van der Waals surface area contributed by atoms with E-state index in [1.807, 2.05) is 4.90 Å². The van der Waals surface area contributed by atoms with Crippen LogP contribution in [0, 0.1) is 0 Å². The fourth-order valence-electron chi connectivity index (χ4n) is 3.09. The maximum absolute atomic E-state index is 12.7. The maximum atomic E-state index is 12.7. The molecular weight excluding hydrogens is 361 g/mol. The van der Waals surface area contributed by atoms with Crippen LogP contribution in [0.5, 0.6) is 0 Å². The summed E-state index contributed by atoms with van der Waals surface area (Å²) in [5.74, 6) is -1.15. The first-order valence-electron chi connectivity index (χ1n) is 7.21. The Morgan fingerprint density at radius 3 is 2.52 bits per heavy atom. The topological polar surface area (TPSA) is 74.7 Å². The summed E-state index contributed by atoms with van der Waals surface area (Å²) in [6.45, 7) is 1.37. The Bertz CT molecular complexity index is 798. The number of nitrogens with zero attached hydrogens (tertiary/aromatic N) is 1. The molecule has 5 nitrogen and oxygen atoms in total. The molecule has 0 saturated carbocycles. The van der Waals surface area contributed by atoms with Gasteiger partial charge in [-0.05, 0) is 31.0 Å². The predicted octanol–water partition coefficient (Wildman–Crippen LogP) is 2.97. The maximum Gasteiger partial charge on any atom is 0.333 e. The molecular formula is C15H15Cl2NO4S. The molecule has 124 valence electrons. The van der Waals surface area contributed by atoms with E-state index in [-0.39, 0.29) is 16.9 Å². The molecule has 0 aromatic heterocycles. The minimum atomic E-state index is -3.83. The molecule has 0 spiro atoms. The van der Waals surface area contributed by atoms with Crippen molar-refractivity contribution >= 4 is 44.7 Å². The number of likely N-dealkylation sites (tertiary alicyclic amines) is 1. The lowest BCUT2D eigenvalue weighted by Crippen LogP contribution is -2.22. The molecule has 2 aliphatic heterocycles. The molecule has 23 heavy (non-hydrogen) atoms. The molecule has 0 amide bonds. The van der Waals surface area contributed by atoms with Gasteiger partial charge in [-0.15, -0.1) is 11.6 Å². The fraction of sp³-hybridized carbons (Fsp3) is 0.400. The second-order valence-electron chi connectivity index (χ2n) is 5.63. The van der Waals surface area contributed by atoms with Crippen LogP contribution in [0.25, 0.3) is 5.70 Å². The third kappa shape index (κ3) is 2.84. The fourth-order valence-corrected chi connectivity index (χ4v) is 5.09. The molecule has 1 aromatic carbocycles. The smallest absolute Gasteiger partial charge is 0.333 e. The molecule has 3 rings (SSSR count). The summed E-state index contributed by atoms with van der Waals surface area (Å²) < 4.78 is 24.0. The van der Waals surface area contributed by atoms with Crippen molar-refractivity contribution < 1.29 is 18.3 Å². The Hall–Kier alpha value is -1.24. The zero-order valence-electron chi connectivity index (χ0n) is 12.1. The minimum Gasteiger partial charge on any atom is -0.478 e. The summed E-state index contributed by atoms with van der Waals surface area (Å²) in [5.41, 5.74) is 0.788. The standard InChI is InChI=1S/C15H15Cl2NO4S/c16-9-3-4-12-10(7-9)14(18-5-1-2-6-18)11(15(19)20)8-13(17)23(12,21)22/h3-4,7,13H,1-2,5-6,8H2,(H,19,20). The molecule has 0 radical (unpaired) electrons. The molecule has 1 N–H and O–H groups in total. The van der Waals surface area contributed by atoms with Gasteiger partial charge < -0.3 is 10.0 Å². The van der Waals surface area contributed by atoms with Crippen molar-refractivity contribution in [1.29, 1.82) is 0 Å². The van der Waals surface area contributed by atoms with Gasteiger partial charge in [0.15, 0.2) is 9.84 Å². The number of hydrogen-bond acceptors (Lipinski definition) is 4. The van der Waals surface area contributed by atoms with Crippen molar-refractivity contribution in [2.75, 3.05) is 13.1 Å². The highest BCUT2D eigenvalue weighted by atomic mass is 35.5. The van der Waals surface area contributed by atoms with E-state index < -0.39 is 20.5 Å². The number of fused-ring (bicyclic) bond motifs is 1. The van der Waals surface area contributed by atoms with Gasteiger partial charge >= 0.3 is 5.97 Å². The average molecular weight is 376 g/mol. The Morgan fingerprint density at radius 1 is 1.26 bits per heavy atom. The number of alkyl halides is 1. The Kier molecular flexibility index (Phi) is 4.33. The van der Waals surface area contributed by atoms with E-state index in [1.54, 1.807) is 0 Å². The third-order valence-corrected chi connectivity index (χ3v) is 7.07. The second-order valence-corrected chi connectivity index (χ2v) is 8.95. The largest absolute Gasteiger partial charge is 0.478 e. The van der Waals surface area contributed by atoms with Crippen molar-refractivity contribution in [3.05, 3.63) is 34.4 Å². The summed E-state index contributed by atoms with van der Waals surface area (Å²) in [4.78, 5) is 13.7. The summed E-state index contributed by atoms with van der Waals surface area (Å²) >= 11 is 12.1. The Balaban J connectivity index is 2.35. The van der Waals surface area contributed by atoms with E-state index in [9.17, 15) is 18.3 Å². The number of carboxylic acids is 1. The monoisotopic (exact) mass is 375 g/mol. The number of aliphatic carboxylic acids is 1. The Labute approximate surface area is 144 Å². The molecule has 8 heteroatoms. The highest BCUT2D eigenvalue weighted by molar-refractivity contribution is 7.93. The van der Waals surface area contributed by atoms with Crippen molar-refractivity contribution in [3.8, 4) is 0 Å². The number of hydrogen-bond donors (Lipinski definition) is 1. The molecule has 0 aliphatic carbocycles. The van der Waals surface area contributed by atoms with Gasteiger partial charge in [0.2, 0.25) is 0 Å². The van der Waals surface area contributed by atoms with E-state index in [1.165, 1.54) is 18.2 Å². The predicted molar refractivity (Wildman–Crippen MR) is 88.3 cm³/mol. The number of sulfone groups is 1. The number of carboxylic acid groups (broad SMARTS) is 1. The first kappa shape index (κ1) is 16.6. The van der Waals surface area contributed by atoms with Crippen molar-refractivity contribution in [2.45, 2.75) is 28.9 Å². The van der Waals surface area contributed by atoms with Gasteiger partial charge in [0, 0.05) is 30.1 Å². The van der Waals surface area contributed by atoms with Crippen LogP contribution in [-0.2, 0) is 14.6 Å². The van der Waals surface area contributed by atoms with E-state index >= 15 is 0 Å². The van der Waals surface area contributed by atoms with Crippen molar-refractivity contribution in [3.63, 3.8) is 0 Å². The lowest BCUT2D eigenvalue weighted by Gasteiger charge is -2.24. The van der Waals surface area contributed by atoms with Crippen molar-refractivity contribution in [1.82, 2.24) is 4.90 Å². The average Bonchev–Trinajstić information content (AvgIpc) is 2.97. The highest BCUT2D eigenvalue weighted by Crippen LogP contribution is 2.40. The summed E-state index contributed by atoms with van der Waals surface area (Å²) in [6, 6.07) is 4.40. The van der Waals surface area contributed by atoms with E-state index in [0.717, 1.165) is 12.8 Å². The van der Waals surface area contributed by atoms with Crippen LogP contribution >= 0.6 is 23.2 Å². The quantitative estimate of drug-likeness (QED) is 0.804. The van der Waals surface area contributed by atoms with Crippen LogP contribution in [0.4, 0.5) is 0 Å². The third-order valence-electron chi connectivity index (χ3n) is 4.17. The van der Waals surface area contributed by atoms with Gasteiger partial charge in [0.1, 0.15) is 4.71 Å². The van der Waals surface area contributed by atoms with Gasteiger partial charge in [-0.25, -0.2) is 13.2 Å². The van der Waals surface area contributed by atoms with Crippen LogP contribution in [0.15, 0.2) is 28.7 Å². The molecule has 1 fully saturated rings.